The Hall–Kier alpha value is -2.18. The summed E-state index contributed by atoms with van der Waals surface area (Å²) in [6, 6.07) is 0. The van der Waals surface area contributed by atoms with Gasteiger partial charge in [0.05, 0.1) is 5.69 Å². The number of oxazole rings is 1. The second kappa shape index (κ2) is 13.7. The fraction of sp³-hybridized carbons (Fsp3) is 0.706. The van der Waals surface area contributed by atoms with Gasteiger partial charge in [-0.15, -0.1) is 0 Å². The first-order valence-corrected chi connectivity index (χ1v) is 15.8. The molecule has 0 spiro atoms. The van der Waals surface area contributed by atoms with Gasteiger partial charge in [0.15, 0.2) is 0 Å². The van der Waals surface area contributed by atoms with Crippen molar-refractivity contribution in [3.05, 3.63) is 45.2 Å². The summed E-state index contributed by atoms with van der Waals surface area (Å²) in [5.74, 6) is 3.60. The lowest BCUT2D eigenvalue weighted by Crippen LogP contribution is -2.42. The van der Waals surface area contributed by atoms with Crippen LogP contribution < -0.4 is 5.32 Å². The number of allylic oxidation sites excluding steroid dienone is 6. The summed E-state index contributed by atoms with van der Waals surface area (Å²) in [6.45, 7) is 24.8. The third-order valence-electron chi connectivity index (χ3n) is 9.78. The maximum absolute atomic E-state index is 12.9. The van der Waals surface area contributed by atoms with Crippen LogP contribution in [0.15, 0.2) is 32.3 Å². The van der Waals surface area contributed by atoms with Crippen molar-refractivity contribution < 1.29 is 9.21 Å². The van der Waals surface area contributed by atoms with Gasteiger partial charge in [-0.3, -0.25) is 9.69 Å². The van der Waals surface area contributed by atoms with Crippen molar-refractivity contribution >= 4 is 11.5 Å². The van der Waals surface area contributed by atoms with Crippen LogP contribution in [0.25, 0.3) is 5.57 Å². The first-order chi connectivity index (χ1) is 19.0. The number of piperidine rings is 2. The van der Waals surface area contributed by atoms with Crippen molar-refractivity contribution in [2.24, 2.45) is 17.8 Å². The van der Waals surface area contributed by atoms with Crippen molar-refractivity contribution in [1.82, 2.24) is 20.1 Å². The number of nitrogens with one attached hydrogen (secondary N) is 1. The van der Waals surface area contributed by atoms with Gasteiger partial charge in [0.2, 0.25) is 11.8 Å². The summed E-state index contributed by atoms with van der Waals surface area (Å²) < 4.78 is 6.30. The number of aryl methyl sites for hydroxylation is 1. The molecule has 40 heavy (non-hydrogen) atoms. The standard InChI is InChI=1S/C34H54N4O2/c1-22-18-23(2)20-38(19-22)15-9-14-35-33(39)30-12-16-37(17-13-30)21-31-29(8)40-34(36-31)32-25(4)11-10-24(3)26(5)27(6)28(32)7/h22-23,30H,9-21H2,1-8H3,(H,35,39)/b26-24?,28-27-,32-25+/t22-,23+. The quantitative estimate of drug-likeness (QED) is 0.356. The van der Waals surface area contributed by atoms with E-state index in [1.807, 2.05) is 6.92 Å². The molecule has 1 aliphatic carbocycles. The van der Waals surface area contributed by atoms with Crippen molar-refractivity contribution in [1.29, 1.82) is 0 Å². The zero-order chi connectivity index (χ0) is 29.0. The number of carbonyl (C=O) groups is 1. The molecule has 2 fully saturated rings. The van der Waals surface area contributed by atoms with E-state index in [1.54, 1.807) is 0 Å². The lowest BCUT2D eigenvalue weighted by molar-refractivity contribution is -0.126. The van der Waals surface area contributed by atoms with E-state index in [2.05, 4.69) is 63.6 Å². The molecule has 2 atom stereocenters. The van der Waals surface area contributed by atoms with Crippen molar-refractivity contribution in [2.75, 3.05) is 39.3 Å². The van der Waals surface area contributed by atoms with Gasteiger partial charge in [-0.2, -0.15) is 0 Å². The maximum Gasteiger partial charge on any atom is 0.226 e. The van der Waals surface area contributed by atoms with E-state index in [0.717, 1.165) is 94.0 Å². The predicted molar refractivity (Wildman–Crippen MR) is 165 cm³/mol. The van der Waals surface area contributed by atoms with Crippen molar-refractivity contribution in [2.45, 2.75) is 100 Å². The van der Waals surface area contributed by atoms with E-state index in [1.165, 1.54) is 52.9 Å². The minimum absolute atomic E-state index is 0.124. The summed E-state index contributed by atoms with van der Waals surface area (Å²) in [5.41, 5.74) is 9.02. The number of hydrogen-bond acceptors (Lipinski definition) is 5. The summed E-state index contributed by atoms with van der Waals surface area (Å²) >= 11 is 0. The molecule has 1 amide bonds. The van der Waals surface area contributed by atoms with Crippen LogP contribution in [0.5, 0.6) is 0 Å². The fourth-order valence-corrected chi connectivity index (χ4v) is 7.02. The average Bonchev–Trinajstić information content (AvgIpc) is 3.27. The number of amides is 1. The number of aromatic nitrogens is 1. The molecule has 3 heterocycles. The van der Waals surface area contributed by atoms with Crippen LogP contribution in [0, 0.1) is 24.7 Å². The van der Waals surface area contributed by atoms with Crippen molar-refractivity contribution in [3.63, 3.8) is 0 Å². The molecule has 6 heteroatoms. The zero-order valence-corrected chi connectivity index (χ0v) is 26.6. The largest absolute Gasteiger partial charge is 0.441 e. The molecule has 0 saturated carbocycles. The first-order valence-electron chi connectivity index (χ1n) is 15.8. The SMILES string of the molecule is CC1=C(C)/C(C)=C(C)\C(c2nc(CN3CCC(C(=O)NCCCN4C[C@H](C)C[C@H](C)C4)CC3)c(C)o2)=C(\C)CC1. The van der Waals surface area contributed by atoms with Gasteiger partial charge >= 0.3 is 0 Å². The normalized spacial score (nSPS) is 28.1. The van der Waals surface area contributed by atoms with Crippen molar-refractivity contribution in [3.8, 4) is 0 Å². The average molecular weight is 551 g/mol. The van der Waals surface area contributed by atoms with Gasteiger partial charge in [0.25, 0.3) is 0 Å². The predicted octanol–water partition coefficient (Wildman–Crippen LogP) is 6.92. The van der Waals surface area contributed by atoms with E-state index in [0.29, 0.717) is 0 Å². The molecule has 0 radical (unpaired) electrons. The Morgan fingerprint density at radius 2 is 1.55 bits per heavy atom. The van der Waals surface area contributed by atoms with Crippen LogP contribution in [-0.4, -0.2) is 60.0 Å². The van der Waals surface area contributed by atoms with Gasteiger partial charge < -0.3 is 14.6 Å². The molecule has 6 nitrogen and oxygen atoms in total. The topological polar surface area (TPSA) is 61.6 Å². The second-order valence-electron chi connectivity index (χ2n) is 13.2. The second-order valence-corrected chi connectivity index (χ2v) is 13.2. The lowest BCUT2D eigenvalue weighted by Gasteiger charge is -2.35. The Morgan fingerprint density at radius 1 is 0.900 bits per heavy atom. The first kappa shape index (κ1) is 30.8. The molecular weight excluding hydrogens is 496 g/mol. The minimum atomic E-state index is 0.124. The molecule has 3 aliphatic rings. The molecule has 1 aromatic rings. The van der Waals surface area contributed by atoms with E-state index in [-0.39, 0.29) is 11.8 Å². The molecular formula is C34H54N4O2. The number of hydrogen-bond donors (Lipinski definition) is 1. The lowest BCUT2D eigenvalue weighted by atomic mass is 9.87. The Bertz CT molecular complexity index is 1140. The highest BCUT2D eigenvalue weighted by molar-refractivity contribution is 5.79. The summed E-state index contributed by atoms with van der Waals surface area (Å²) in [5, 5.41) is 3.23. The Balaban J connectivity index is 1.27. The molecule has 1 N–H and O–H groups in total. The number of likely N-dealkylation sites (tertiary alicyclic amines) is 2. The van der Waals surface area contributed by atoms with Gasteiger partial charge in [-0.05, 0) is 128 Å². The highest BCUT2D eigenvalue weighted by Crippen LogP contribution is 2.37. The molecule has 1 aromatic heterocycles. The van der Waals surface area contributed by atoms with E-state index in [9.17, 15) is 4.79 Å². The van der Waals surface area contributed by atoms with Gasteiger partial charge in [-0.1, -0.05) is 25.0 Å². The Labute approximate surface area is 243 Å². The van der Waals surface area contributed by atoms with Crippen LogP contribution in [0.4, 0.5) is 0 Å². The van der Waals surface area contributed by atoms with E-state index >= 15 is 0 Å². The summed E-state index contributed by atoms with van der Waals surface area (Å²) in [4.78, 5) is 22.9. The van der Waals surface area contributed by atoms with Crippen LogP contribution in [0.3, 0.4) is 0 Å². The fourth-order valence-electron chi connectivity index (χ4n) is 7.02. The maximum atomic E-state index is 12.9. The van der Waals surface area contributed by atoms with Gasteiger partial charge in [0.1, 0.15) is 5.76 Å². The summed E-state index contributed by atoms with van der Waals surface area (Å²) in [7, 11) is 0. The molecule has 2 aliphatic heterocycles. The molecule has 0 bridgehead atoms. The number of carbonyl (C=O) groups excluding carboxylic acids is 1. The van der Waals surface area contributed by atoms with Gasteiger partial charge in [0, 0.05) is 37.7 Å². The van der Waals surface area contributed by atoms with Crippen LogP contribution in [-0.2, 0) is 11.3 Å². The van der Waals surface area contributed by atoms with E-state index < -0.39 is 0 Å². The van der Waals surface area contributed by atoms with Crippen LogP contribution in [0.2, 0.25) is 0 Å². The highest BCUT2D eigenvalue weighted by Gasteiger charge is 2.27. The molecule has 0 aromatic carbocycles. The Morgan fingerprint density at radius 3 is 2.23 bits per heavy atom. The zero-order valence-electron chi connectivity index (χ0n) is 26.6. The van der Waals surface area contributed by atoms with Gasteiger partial charge in [-0.25, -0.2) is 4.98 Å². The smallest absolute Gasteiger partial charge is 0.226 e. The Kier molecular flexibility index (Phi) is 10.5. The molecule has 0 unspecified atom stereocenters. The monoisotopic (exact) mass is 550 g/mol. The third kappa shape index (κ3) is 7.55. The van der Waals surface area contributed by atoms with Crippen LogP contribution >= 0.6 is 0 Å². The number of nitrogens with zero attached hydrogens (tertiary/aromatic N) is 3. The van der Waals surface area contributed by atoms with Crippen LogP contribution in [0.1, 0.15) is 104 Å². The summed E-state index contributed by atoms with van der Waals surface area (Å²) in [6.07, 6.45) is 6.32. The van der Waals surface area contributed by atoms with E-state index in [4.69, 9.17) is 9.40 Å². The third-order valence-corrected chi connectivity index (χ3v) is 9.78. The molecule has 222 valence electrons. The number of rotatable bonds is 8. The molecule has 4 rings (SSSR count). The minimum Gasteiger partial charge on any atom is -0.441 e. The highest BCUT2D eigenvalue weighted by atomic mass is 16.4. The molecule has 2 saturated heterocycles.